The Kier molecular flexibility index (Phi) is 4.53. The van der Waals surface area contributed by atoms with Crippen LogP contribution in [0.1, 0.15) is 29.3 Å². The van der Waals surface area contributed by atoms with Crippen molar-refractivity contribution in [3.8, 4) is 0 Å². The van der Waals surface area contributed by atoms with E-state index in [9.17, 15) is 9.18 Å². The van der Waals surface area contributed by atoms with Crippen LogP contribution in [0.3, 0.4) is 0 Å². The smallest absolute Gasteiger partial charge is 0.253 e. The molecule has 1 aromatic rings. The molecule has 0 aliphatic carbocycles. The largest absolute Gasteiger partial charge is 0.336 e. The summed E-state index contributed by atoms with van der Waals surface area (Å²) in [7, 11) is 0. The van der Waals surface area contributed by atoms with Gasteiger partial charge in [-0.15, -0.1) is 0 Å². The van der Waals surface area contributed by atoms with Gasteiger partial charge in [0.2, 0.25) is 0 Å². The molecule has 1 fully saturated rings. The van der Waals surface area contributed by atoms with Gasteiger partial charge in [-0.25, -0.2) is 4.39 Å². The maximum absolute atomic E-state index is 13.2. The van der Waals surface area contributed by atoms with Gasteiger partial charge in [0.15, 0.2) is 0 Å². The van der Waals surface area contributed by atoms with Crippen LogP contribution in [0.4, 0.5) is 4.39 Å². The minimum absolute atomic E-state index is 0.0132. The van der Waals surface area contributed by atoms with Crippen molar-refractivity contribution >= 4 is 5.91 Å². The predicted octanol–water partition coefficient (Wildman–Crippen LogP) is 2.30. The molecule has 0 saturated carbocycles. The molecule has 2 rings (SSSR count). The lowest BCUT2D eigenvalue weighted by Crippen LogP contribution is -2.48. The van der Waals surface area contributed by atoms with Gasteiger partial charge < -0.3 is 4.90 Å². The summed E-state index contributed by atoms with van der Waals surface area (Å²) in [5.41, 5.74) is 1.11. The molecule has 0 unspecified atom stereocenters. The summed E-state index contributed by atoms with van der Waals surface area (Å²) in [6.07, 6.45) is 1.14. The highest BCUT2D eigenvalue weighted by atomic mass is 19.1. The predicted molar refractivity (Wildman–Crippen MR) is 73.8 cm³/mol. The van der Waals surface area contributed by atoms with Crippen molar-refractivity contribution in [2.45, 2.75) is 20.3 Å². The van der Waals surface area contributed by atoms with Crippen molar-refractivity contribution in [3.05, 3.63) is 35.1 Å². The van der Waals surface area contributed by atoms with Crippen LogP contribution in [0, 0.1) is 12.7 Å². The number of hydrogen-bond donors (Lipinski definition) is 0. The first-order valence-corrected chi connectivity index (χ1v) is 6.89. The van der Waals surface area contributed by atoms with E-state index in [-0.39, 0.29) is 11.7 Å². The van der Waals surface area contributed by atoms with Gasteiger partial charge in [-0.3, -0.25) is 9.69 Å². The van der Waals surface area contributed by atoms with E-state index in [1.54, 1.807) is 19.1 Å². The van der Waals surface area contributed by atoms with Crippen molar-refractivity contribution in [3.63, 3.8) is 0 Å². The lowest BCUT2D eigenvalue weighted by Gasteiger charge is -2.34. The van der Waals surface area contributed by atoms with E-state index in [2.05, 4.69) is 11.8 Å². The number of nitrogens with zero attached hydrogens (tertiary/aromatic N) is 2. The average Bonchev–Trinajstić information content (AvgIpc) is 2.42. The number of halogens is 1. The number of rotatable bonds is 3. The monoisotopic (exact) mass is 264 g/mol. The zero-order valence-corrected chi connectivity index (χ0v) is 11.7. The van der Waals surface area contributed by atoms with Crippen LogP contribution < -0.4 is 0 Å². The van der Waals surface area contributed by atoms with Gasteiger partial charge in [0.1, 0.15) is 5.82 Å². The summed E-state index contributed by atoms with van der Waals surface area (Å²) in [6, 6.07) is 4.58. The number of benzene rings is 1. The van der Waals surface area contributed by atoms with Crippen molar-refractivity contribution in [2.75, 3.05) is 32.7 Å². The fourth-order valence-corrected chi connectivity index (χ4v) is 2.45. The fraction of sp³-hybridized carbons (Fsp3) is 0.533. The Morgan fingerprint density at radius 2 is 1.95 bits per heavy atom. The summed E-state index contributed by atoms with van der Waals surface area (Å²) in [5, 5.41) is 0. The van der Waals surface area contributed by atoms with E-state index in [4.69, 9.17) is 0 Å². The van der Waals surface area contributed by atoms with Gasteiger partial charge in [-0.1, -0.05) is 6.92 Å². The lowest BCUT2D eigenvalue weighted by molar-refractivity contribution is 0.0637. The third kappa shape index (κ3) is 3.32. The van der Waals surface area contributed by atoms with Gasteiger partial charge in [0, 0.05) is 31.7 Å². The molecule has 4 heteroatoms. The molecule has 0 bridgehead atoms. The third-order valence-corrected chi connectivity index (χ3v) is 3.60. The van der Waals surface area contributed by atoms with E-state index >= 15 is 0 Å². The van der Waals surface area contributed by atoms with Gasteiger partial charge >= 0.3 is 0 Å². The Balaban J connectivity index is 1.99. The van der Waals surface area contributed by atoms with Crippen LogP contribution in [0.2, 0.25) is 0 Å². The molecule has 0 radical (unpaired) electrons. The molecule has 1 aliphatic rings. The molecule has 3 nitrogen and oxygen atoms in total. The molecular formula is C15H21FN2O. The number of carbonyl (C=O) groups is 1. The van der Waals surface area contributed by atoms with Crippen molar-refractivity contribution in [2.24, 2.45) is 0 Å². The van der Waals surface area contributed by atoms with Crippen molar-refractivity contribution < 1.29 is 9.18 Å². The summed E-state index contributed by atoms with van der Waals surface area (Å²) in [4.78, 5) is 16.5. The summed E-state index contributed by atoms with van der Waals surface area (Å²) >= 11 is 0. The van der Waals surface area contributed by atoms with Gasteiger partial charge in [-0.2, -0.15) is 0 Å². The maximum atomic E-state index is 13.2. The molecule has 1 aromatic carbocycles. The minimum Gasteiger partial charge on any atom is -0.336 e. The molecule has 1 saturated heterocycles. The van der Waals surface area contributed by atoms with Crippen LogP contribution in [-0.2, 0) is 0 Å². The van der Waals surface area contributed by atoms with Crippen LogP contribution >= 0.6 is 0 Å². The maximum Gasteiger partial charge on any atom is 0.253 e. The Bertz CT molecular complexity index is 453. The fourth-order valence-electron chi connectivity index (χ4n) is 2.45. The zero-order chi connectivity index (χ0) is 13.8. The number of aryl methyl sites for hydroxylation is 1. The zero-order valence-electron chi connectivity index (χ0n) is 11.7. The standard InChI is InChI=1S/C15H21FN2O/c1-3-6-17-7-9-18(10-8-17)15(19)13-4-5-14(16)12(2)11-13/h4-5,11H,3,6-10H2,1-2H3. The van der Waals surface area contributed by atoms with E-state index in [0.717, 1.165) is 39.1 Å². The van der Waals surface area contributed by atoms with Crippen molar-refractivity contribution in [1.29, 1.82) is 0 Å². The Hall–Kier alpha value is -1.42. The topological polar surface area (TPSA) is 23.6 Å². The molecule has 104 valence electrons. The molecule has 1 heterocycles. The quantitative estimate of drug-likeness (QED) is 0.836. The van der Waals surface area contributed by atoms with Gasteiger partial charge in [0.25, 0.3) is 5.91 Å². The normalized spacial score (nSPS) is 16.7. The molecule has 0 spiro atoms. The minimum atomic E-state index is -0.260. The molecule has 19 heavy (non-hydrogen) atoms. The second-order valence-electron chi connectivity index (χ2n) is 5.10. The van der Waals surface area contributed by atoms with E-state index in [1.807, 2.05) is 4.90 Å². The van der Waals surface area contributed by atoms with Crippen LogP contribution in [-0.4, -0.2) is 48.4 Å². The molecule has 0 aromatic heterocycles. The van der Waals surface area contributed by atoms with E-state index in [0.29, 0.717) is 11.1 Å². The number of carbonyl (C=O) groups excluding carboxylic acids is 1. The molecule has 1 amide bonds. The Morgan fingerprint density at radius 1 is 1.26 bits per heavy atom. The molecule has 0 atom stereocenters. The highest BCUT2D eigenvalue weighted by Gasteiger charge is 2.21. The average molecular weight is 264 g/mol. The number of hydrogen-bond acceptors (Lipinski definition) is 2. The second kappa shape index (κ2) is 6.15. The summed E-state index contributed by atoms with van der Waals surface area (Å²) < 4.78 is 13.2. The molecule has 1 aliphatic heterocycles. The highest BCUT2D eigenvalue weighted by molar-refractivity contribution is 5.94. The van der Waals surface area contributed by atoms with Crippen molar-refractivity contribution in [1.82, 2.24) is 9.80 Å². The first-order chi connectivity index (χ1) is 9.11. The summed E-state index contributed by atoms with van der Waals surface area (Å²) in [6.45, 7) is 8.33. The van der Waals surface area contributed by atoms with Crippen LogP contribution in [0.25, 0.3) is 0 Å². The van der Waals surface area contributed by atoms with Gasteiger partial charge in [0.05, 0.1) is 0 Å². The lowest BCUT2D eigenvalue weighted by atomic mass is 10.1. The third-order valence-electron chi connectivity index (χ3n) is 3.60. The summed E-state index contributed by atoms with van der Waals surface area (Å²) in [5.74, 6) is -0.247. The molecule has 0 N–H and O–H groups in total. The van der Waals surface area contributed by atoms with Crippen LogP contribution in [0.15, 0.2) is 18.2 Å². The molecular weight excluding hydrogens is 243 g/mol. The Morgan fingerprint density at radius 3 is 2.53 bits per heavy atom. The van der Waals surface area contributed by atoms with E-state index in [1.165, 1.54) is 6.07 Å². The van der Waals surface area contributed by atoms with E-state index < -0.39 is 0 Å². The van der Waals surface area contributed by atoms with Gasteiger partial charge in [-0.05, 0) is 43.7 Å². The SMILES string of the molecule is CCCN1CCN(C(=O)c2ccc(F)c(C)c2)CC1. The second-order valence-corrected chi connectivity index (χ2v) is 5.10. The number of piperazine rings is 1. The highest BCUT2D eigenvalue weighted by Crippen LogP contribution is 2.13. The first kappa shape index (κ1) is 14.0. The number of amides is 1. The van der Waals surface area contributed by atoms with Crippen LogP contribution in [0.5, 0.6) is 0 Å². The first-order valence-electron chi connectivity index (χ1n) is 6.89. The Labute approximate surface area is 114 Å².